The summed E-state index contributed by atoms with van der Waals surface area (Å²) in [6.07, 6.45) is 5.31. The number of carboxylic acids is 2. The van der Waals surface area contributed by atoms with Crippen LogP contribution in [0.25, 0.3) is 33.4 Å². The van der Waals surface area contributed by atoms with Crippen LogP contribution in [-0.4, -0.2) is 198 Å². The van der Waals surface area contributed by atoms with Crippen molar-refractivity contribution in [2.45, 2.75) is 233 Å². The molecule has 32 nitrogen and oxygen atoms in total. The molecule has 3 aliphatic carbocycles. The maximum atomic E-state index is 14.3. The molecular formula is C112H131ClN10O22Si. The van der Waals surface area contributed by atoms with Crippen LogP contribution in [0.3, 0.4) is 0 Å². The number of carboxylic acid groups (broad SMARTS) is 2. The van der Waals surface area contributed by atoms with Gasteiger partial charge in [0.15, 0.2) is 5.78 Å². The molecule has 6 atom stereocenters. The Morgan fingerprint density at radius 2 is 0.712 bits per heavy atom. The van der Waals surface area contributed by atoms with E-state index in [0.717, 1.165) is 99.9 Å². The lowest BCUT2D eigenvalue weighted by Gasteiger charge is -2.35. The largest absolute Gasteiger partial charge is 0.518 e. The average Bonchev–Trinajstić information content (AvgIpc) is 1.63. The topological polar surface area (TPSA) is 412 Å². The minimum Gasteiger partial charge on any atom is -0.518 e. The normalized spacial score (nSPS) is 13.7. The zero-order chi connectivity index (χ0) is 106. The number of imidazole rings is 3. The van der Waals surface area contributed by atoms with Crippen molar-refractivity contribution in [2.24, 2.45) is 17.3 Å². The number of likely N-dealkylation sites (N-methyl/N-ethyl adjacent to an activating group) is 1. The first-order chi connectivity index (χ1) is 69.0. The highest BCUT2D eigenvalue weighted by Gasteiger charge is 2.41. The lowest BCUT2D eigenvalue weighted by atomic mass is 9.79. The van der Waals surface area contributed by atoms with Gasteiger partial charge in [0.05, 0.1) is 29.0 Å². The molecule has 11 aromatic rings. The quantitative estimate of drug-likeness (QED) is 0.0148. The fraction of sp³-hybridized carbons (Fsp3) is 0.384. The van der Waals surface area contributed by atoms with Gasteiger partial charge in [-0.15, -0.1) is 0 Å². The Bertz CT molecular complexity index is 6280. The molecule has 5 N–H and O–H groups in total. The summed E-state index contributed by atoms with van der Waals surface area (Å²) in [6, 6.07) is 61.6. The van der Waals surface area contributed by atoms with Crippen LogP contribution < -0.4 is 16.0 Å². The molecule has 1 unspecified atom stereocenters. The number of benzene rings is 8. The number of halogens is 1. The number of nitrogens with zero attached hydrogens (tertiary/aromatic N) is 7. The van der Waals surface area contributed by atoms with Gasteiger partial charge < -0.3 is 68.6 Å². The van der Waals surface area contributed by atoms with Gasteiger partial charge >= 0.3 is 59.9 Å². The van der Waals surface area contributed by atoms with E-state index in [1.54, 1.807) is 86.6 Å². The highest BCUT2D eigenvalue weighted by Crippen LogP contribution is 2.48. The Morgan fingerprint density at radius 3 is 1.01 bits per heavy atom. The number of alkyl carbamates (subject to hydrolysis) is 3. The van der Waals surface area contributed by atoms with Gasteiger partial charge in [-0.3, -0.25) is 19.2 Å². The van der Waals surface area contributed by atoms with E-state index in [9.17, 15) is 67.7 Å². The van der Waals surface area contributed by atoms with Crippen LogP contribution in [0.5, 0.6) is 0 Å². The first-order valence-corrected chi connectivity index (χ1v) is 52.4. The van der Waals surface area contributed by atoms with E-state index in [-0.39, 0.29) is 87.6 Å². The van der Waals surface area contributed by atoms with Crippen molar-refractivity contribution in [3.8, 4) is 33.4 Å². The fourth-order valence-corrected chi connectivity index (χ4v) is 18.4. The molecule has 3 aromatic heterocycles. The number of ether oxygens (including phenoxy) is 7. The molecule has 3 aliphatic rings. The molecule has 4 amide bonds. The van der Waals surface area contributed by atoms with Crippen LogP contribution in [0, 0.1) is 17.3 Å². The number of fused-ring (bicyclic) bond motifs is 9. The van der Waals surface area contributed by atoms with Crippen molar-refractivity contribution in [3.63, 3.8) is 0 Å². The zero-order valence-electron chi connectivity index (χ0n) is 85.7. The number of carbonyl (C=O) groups excluding carboxylic acids is 10. The summed E-state index contributed by atoms with van der Waals surface area (Å²) >= 11 is 5.28. The maximum Gasteiger partial charge on any atom is 0.419 e. The zero-order valence-corrected chi connectivity index (χ0v) is 87.5. The number of ketones is 1. The summed E-state index contributed by atoms with van der Waals surface area (Å²) in [5, 5.41) is 27.3. The summed E-state index contributed by atoms with van der Waals surface area (Å²) < 4.78 is 47.6. The van der Waals surface area contributed by atoms with Gasteiger partial charge in [-0.25, -0.2) is 67.0 Å². The Hall–Kier alpha value is -14.9. The number of carbonyl (C=O) groups is 12. The Balaban J connectivity index is 0.000000198. The van der Waals surface area contributed by atoms with Gasteiger partial charge in [0, 0.05) is 87.1 Å². The number of Topliss-reactive ketones (excluding diaryl/α,β-unsaturated/α-hetero) is 1. The van der Waals surface area contributed by atoms with E-state index >= 15 is 0 Å². The molecule has 772 valence electrons. The predicted octanol–water partition coefficient (Wildman–Crippen LogP) is 21.0. The van der Waals surface area contributed by atoms with Crippen molar-refractivity contribution in [3.05, 3.63) is 305 Å². The summed E-state index contributed by atoms with van der Waals surface area (Å²) in [7, 11) is -0.808. The van der Waals surface area contributed by atoms with Crippen LogP contribution in [0.4, 0.5) is 33.6 Å². The molecule has 0 radical (unpaired) electrons. The number of hydrogen-bond acceptors (Lipinski definition) is 23. The Morgan fingerprint density at radius 1 is 0.411 bits per heavy atom. The molecule has 0 aliphatic heterocycles. The SMILES string of the molecule is CC(C)(C)OC(=O)n1cnc(C[C@H](NC(=O)OCC2c3ccccc3-c3ccccc32)C(=O)C[C@@H](Cc2ccccc2)C(=O)O)c1.CC(C)(C)OC(=O)n1cnc(C[C@H](NC(=O)OCC2c3ccccc3-c3ccccc32)C(=O)O)c1.CCC(CC)C(OC(=O)Cl)C(C)(C)C.CN(C(=O)[C@H](Cc1cn(C(=O)OC(C)(C)C)cn1)NC(=O)OCC1c2ccccc2-c2ccccc21)[C@@H](Cc1ccccc1)C(=O)O[Si](C)(C)C. The van der Waals surface area contributed by atoms with Crippen molar-refractivity contribution >= 4 is 91.5 Å². The highest BCUT2D eigenvalue weighted by molar-refractivity contribution is 6.71. The second kappa shape index (κ2) is 49.6. The Labute approximate surface area is 857 Å². The first-order valence-electron chi connectivity index (χ1n) is 48.6. The van der Waals surface area contributed by atoms with E-state index in [1.165, 1.54) is 54.1 Å². The molecule has 146 heavy (non-hydrogen) atoms. The van der Waals surface area contributed by atoms with Crippen molar-refractivity contribution < 1.29 is 105 Å². The summed E-state index contributed by atoms with van der Waals surface area (Å²) in [5.41, 5.74) is 12.6. The maximum absolute atomic E-state index is 14.3. The van der Waals surface area contributed by atoms with Gasteiger partial charge in [0.2, 0.25) is 14.2 Å². The fourth-order valence-electron chi connectivity index (χ4n) is 17.6. The van der Waals surface area contributed by atoms with Gasteiger partial charge in [-0.05, 0) is 190 Å². The molecule has 0 fully saturated rings. The average molecular weight is 2030 g/mol. The van der Waals surface area contributed by atoms with Crippen LogP contribution in [0.2, 0.25) is 19.6 Å². The summed E-state index contributed by atoms with van der Waals surface area (Å²) in [5.74, 6) is -5.07. The lowest BCUT2D eigenvalue weighted by Crippen LogP contribution is -2.55. The molecular weight excluding hydrogens is 1900 g/mol. The second-order valence-corrected chi connectivity index (χ2v) is 45.8. The minimum atomic E-state index is -2.33. The van der Waals surface area contributed by atoms with Gasteiger partial charge in [-0.2, -0.15) is 0 Å². The Kier molecular flexibility index (Phi) is 37.9. The third-order valence-electron chi connectivity index (χ3n) is 24.3. The molecule has 3 heterocycles. The van der Waals surface area contributed by atoms with Crippen LogP contribution in [-0.2, 0) is 93.7 Å². The van der Waals surface area contributed by atoms with E-state index in [4.69, 9.17) is 49.2 Å². The number of nitrogens with one attached hydrogen (secondary N) is 3. The van der Waals surface area contributed by atoms with Crippen molar-refractivity contribution in [1.29, 1.82) is 0 Å². The lowest BCUT2D eigenvalue weighted by molar-refractivity contribution is -0.148. The first kappa shape index (κ1) is 111. The van der Waals surface area contributed by atoms with E-state index in [1.807, 2.05) is 202 Å². The van der Waals surface area contributed by atoms with Crippen LogP contribution in [0.15, 0.2) is 244 Å². The molecule has 0 spiro atoms. The second-order valence-electron chi connectivity index (χ2n) is 41.1. The molecule has 34 heteroatoms. The monoisotopic (exact) mass is 2030 g/mol. The number of rotatable bonds is 32. The summed E-state index contributed by atoms with van der Waals surface area (Å²) in [4.78, 5) is 167. The van der Waals surface area contributed by atoms with Crippen LogP contribution in [0.1, 0.15) is 196 Å². The molecule has 0 saturated carbocycles. The van der Waals surface area contributed by atoms with Crippen molar-refractivity contribution in [2.75, 3.05) is 26.9 Å². The number of amides is 4. The van der Waals surface area contributed by atoms with Gasteiger partial charge in [-0.1, -0.05) is 241 Å². The standard InChI is InChI=1S/C39H46N4O7Si.C36H37N3O7.C26H27N3O6.C11H21ClO2/c1-39(2,3)49-38(47)43-23-27(40-25-43)22-33(35(44)42(4)34(36(45)50-51(5,6)7)21-26-15-9-8-10-16-26)41-37(46)48-24-32-30-19-13-11-17-28(30)29-18-12-14-20-31(29)32;1-36(2,3)46-35(44)39-20-25(37-22-39)19-31(32(40)18-24(33(41)42)17-23-11-5-4-6-12-23)38-34(43)45-21-30-28-15-9-7-13-26(28)27-14-8-10-16-29(27)30;1-26(2,3)35-25(33)29-13-16(27-15-29)12-22(23(30)31)28-24(32)34-14-21-19-10-6-4-8-17(19)18-9-5-7-11-20(18)21;1-6-8(7-2)9(11(3,4)5)14-10(12)13/h8-20,23,25,32-34H,21-22,24H2,1-7H3,(H,41,46);4-16,20,22,24,30-31H,17-19,21H2,1-3H3,(H,38,43)(H,41,42);4-11,13,15,21-22H,12,14H2,1-3H3,(H,28,32)(H,30,31);8-9H,6-7H2,1-5H3/t33-,34-;24-,31+;22-;/m010./s1. The number of hydrogen-bond donors (Lipinski definition) is 5. The van der Waals surface area contributed by atoms with E-state index < -0.39 is 127 Å². The smallest absolute Gasteiger partial charge is 0.419 e. The summed E-state index contributed by atoms with van der Waals surface area (Å²) in [6.45, 7) is 32.0. The number of aromatic nitrogens is 6. The molecule has 0 saturated heterocycles. The molecule has 8 aromatic carbocycles. The number of aliphatic carboxylic acids is 2. The van der Waals surface area contributed by atoms with Crippen molar-refractivity contribution in [1.82, 2.24) is 49.5 Å². The molecule has 14 rings (SSSR count). The van der Waals surface area contributed by atoms with Crippen LogP contribution >= 0.6 is 11.6 Å². The van der Waals surface area contributed by atoms with E-state index in [0.29, 0.717) is 23.0 Å². The third kappa shape index (κ3) is 31.6. The third-order valence-corrected chi connectivity index (χ3v) is 25.2. The predicted molar refractivity (Wildman–Crippen MR) is 553 cm³/mol. The molecule has 0 bridgehead atoms. The van der Waals surface area contributed by atoms with Gasteiger partial charge in [0.1, 0.15) is 79.8 Å². The minimum absolute atomic E-state index is 0.0415. The highest BCUT2D eigenvalue weighted by atomic mass is 35.5. The van der Waals surface area contributed by atoms with E-state index in [2.05, 4.69) is 65.5 Å². The van der Waals surface area contributed by atoms with Gasteiger partial charge in [0.25, 0.3) is 0 Å².